The summed E-state index contributed by atoms with van der Waals surface area (Å²) in [6.07, 6.45) is 0. The Morgan fingerprint density at radius 3 is 2.55 bits per heavy atom. The van der Waals surface area contributed by atoms with E-state index in [0.29, 0.717) is 0 Å². The van der Waals surface area contributed by atoms with Gasteiger partial charge in [0, 0.05) is 18.2 Å². The van der Waals surface area contributed by atoms with Crippen molar-refractivity contribution in [3.8, 4) is 0 Å². The predicted molar refractivity (Wildman–Crippen MR) is 79.9 cm³/mol. The zero-order chi connectivity index (χ0) is 13.9. The van der Waals surface area contributed by atoms with Crippen LogP contribution in [-0.2, 0) is 4.79 Å². The summed E-state index contributed by atoms with van der Waals surface area (Å²) in [5, 5.41) is 4.40. The van der Waals surface area contributed by atoms with Gasteiger partial charge in [-0.2, -0.15) is 5.10 Å². The number of nitrogens with one attached hydrogen (secondary N) is 1. The van der Waals surface area contributed by atoms with E-state index < -0.39 is 0 Å². The zero-order valence-corrected chi connectivity index (χ0v) is 11.2. The van der Waals surface area contributed by atoms with Crippen LogP contribution in [0.5, 0.6) is 0 Å². The molecule has 0 aromatic heterocycles. The topological polar surface area (TPSA) is 44.7 Å². The van der Waals surface area contributed by atoms with Crippen molar-refractivity contribution in [3.05, 3.63) is 65.7 Å². The van der Waals surface area contributed by atoms with Crippen molar-refractivity contribution in [3.63, 3.8) is 0 Å². The fraction of sp³-hybridized carbons (Fsp3) is 0.125. The SMILES string of the molecule is CN1C(=O)CNN=C(c2ccccc2)c2ccccc21. The summed E-state index contributed by atoms with van der Waals surface area (Å²) < 4.78 is 0. The third-order valence-corrected chi connectivity index (χ3v) is 3.36. The molecule has 3 rings (SSSR count). The maximum atomic E-state index is 12.0. The minimum Gasteiger partial charge on any atom is -0.313 e. The Hall–Kier alpha value is -2.62. The average molecular weight is 265 g/mol. The second-order valence-electron chi connectivity index (χ2n) is 4.63. The first-order valence-corrected chi connectivity index (χ1v) is 6.49. The van der Waals surface area contributed by atoms with E-state index >= 15 is 0 Å². The van der Waals surface area contributed by atoms with Gasteiger partial charge in [-0.25, -0.2) is 0 Å². The van der Waals surface area contributed by atoms with Crippen LogP contribution in [-0.4, -0.2) is 25.2 Å². The van der Waals surface area contributed by atoms with E-state index in [1.165, 1.54) is 0 Å². The number of rotatable bonds is 1. The molecule has 0 aliphatic carbocycles. The van der Waals surface area contributed by atoms with Crippen LogP contribution in [0.4, 0.5) is 5.69 Å². The number of hydrazone groups is 1. The molecular formula is C16H15N3O. The summed E-state index contributed by atoms with van der Waals surface area (Å²) in [6, 6.07) is 17.8. The maximum Gasteiger partial charge on any atom is 0.247 e. The summed E-state index contributed by atoms with van der Waals surface area (Å²) >= 11 is 0. The van der Waals surface area contributed by atoms with Gasteiger partial charge in [0.2, 0.25) is 5.91 Å². The number of hydrogen-bond donors (Lipinski definition) is 1. The Labute approximate surface area is 117 Å². The zero-order valence-electron chi connectivity index (χ0n) is 11.2. The molecule has 100 valence electrons. The van der Waals surface area contributed by atoms with Gasteiger partial charge in [0.05, 0.1) is 11.4 Å². The minimum atomic E-state index is -0.00619. The molecule has 20 heavy (non-hydrogen) atoms. The second-order valence-corrected chi connectivity index (χ2v) is 4.63. The number of benzene rings is 2. The van der Waals surface area contributed by atoms with Crippen LogP contribution in [0.25, 0.3) is 0 Å². The Morgan fingerprint density at radius 2 is 1.75 bits per heavy atom. The summed E-state index contributed by atoms with van der Waals surface area (Å²) in [5.74, 6) is -0.00619. The third-order valence-electron chi connectivity index (χ3n) is 3.36. The molecule has 1 heterocycles. The molecule has 1 aliphatic heterocycles. The number of likely N-dealkylation sites (N-methyl/N-ethyl adjacent to an activating group) is 1. The lowest BCUT2D eigenvalue weighted by Crippen LogP contribution is -2.37. The number of nitrogens with zero attached hydrogens (tertiary/aromatic N) is 2. The maximum absolute atomic E-state index is 12.0. The van der Waals surface area contributed by atoms with Gasteiger partial charge < -0.3 is 10.3 Å². The summed E-state index contributed by atoms with van der Waals surface area (Å²) in [7, 11) is 1.79. The summed E-state index contributed by atoms with van der Waals surface area (Å²) in [4.78, 5) is 13.6. The van der Waals surface area contributed by atoms with Crippen LogP contribution in [0.1, 0.15) is 11.1 Å². The first kappa shape index (κ1) is 12.4. The van der Waals surface area contributed by atoms with Gasteiger partial charge >= 0.3 is 0 Å². The molecule has 0 saturated heterocycles. The minimum absolute atomic E-state index is 0.00619. The number of para-hydroxylation sites is 1. The first-order valence-electron chi connectivity index (χ1n) is 6.49. The van der Waals surface area contributed by atoms with Crippen LogP contribution < -0.4 is 10.3 Å². The number of hydrogen-bond acceptors (Lipinski definition) is 3. The number of fused-ring (bicyclic) bond motifs is 1. The van der Waals surface area contributed by atoms with E-state index in [-0.39, 0.29) is 12.5 Å². The fourth-order valence-corrected chi connectivity index (χ4v) is 2.28. The highest BCUT2D eigenvalue weighted by Crippen LogP contribution is 2.24. The Balaban J connectivity index is 2.18. The molecule has 0 atom stereocenters. The summed E-state index contributed by atoms with van der Waals surface area (Å²) in [5.41, 5.74) is 6.55. The number of anilines is 1. The molecule has 2 aromatic rings. The summed E-state index contributed by atoms with van der Waals surface area (Å²) in [6.45, 7) is 0.196. The number of carbonyl (C=O) groups is 1. The Bertz CT molecular complexity index is 664. The molecule has 2 aromatic carbocycles. The van der Waals surface area contributed by atoms with E-state index in [1.807, 2.05) is 54.6 Å². The van der Waals surface area contributed by atoms with Gasteiger partial charge in [0.15, 0.2) is 0 Å². The van der Waals surface area contributed by atoms with Crippen LogP contribution in [0.15, 0.2) is 59.7 Å². The highest BCUT2D eigenvalue weighted by atomic mass is 16.2. The molecule has 0 unspecified atom stereocenters. The van der Waals surface area contributed by atoms with Gasteiger partial charge in [0.1, 0.15) is 6.54 Å². The van der Waals surface area contributed by atoms with E-state index in [9.17, 15) is 4.79 Å². The Kier molecular flexibility index (Phi) is 3.21. The molecule has 1 N–H and O–H groups in total. The highest BCUT2D eigenvalue weighted by molar-refractivity contribution is 6.17. The second kappa shape index (κ2) is 5.17. The van der Waals surface area contributed by atoms with Crippen LogP contribution in [0.2, 0.25) is 0 Å². The van der Waals surface area contributed by atoms with Crippen molar-refractivity contribution in [1.82, 2.24) is 5.43 Å². The lowest BCUT2D eigenvalue weighted by Gasteiger charge is -2.24. The van der Waals surface area contributed by atoms with Gasteiger partial charge in [0.25, 0.3) is 0 Å². The quantitative estimate of drug-likeness (QED) is 0.857. The average Bonchev–Trinajstić information content (AvgIpc) is 2.50. The molecule has 0 radical (unpaired) electrons. The normalized spacial score (nSPS) is 14.8. The lowest BCUT2D eigenvalue weighted by atomic mass is 10.00. The van der Waals surface area contributed by atoms with Crippen LogP contribution >= 0.6 is 0 Å². The van der Waals surface area contributed by atoms with Crippen molar-refractivity contribution >= 4 is 17.3 Å². The van der Waals surface area contributed by atoms with E-state index in [0.717, 1.165) is 22.5 Å². The van der Waals surface area contributed by atoms with Gasteiger partial charge in [-0.15, -0.1) is 0 Å². The van der Waals surface area contributed by atoms with Crippen molar-refractivity contribution in [1.29, 1.82) is 0 Å². The molecule has 0 saturated carbocycles. The standard InChI is InChI=1S/C16H15N3O/c1-19-14-10-6-5-9-13(14)16(18-17-11-15(19)20)12-7-3-2-4-8-12/h2-10,17H,11H2,1H3. The van der Waals surface area contributed by atoms with Gasteiger partial charge in [-0.3, -0.25) is 4.79 Å². The molecule has 4 heteroatoms. The van der Waals surface area contributed by atoms with Crippen molar-refractivity contribution in [2.24, 2.45) is 5.10 Å². The molecule has 0 fully saturated rings. The van der Waals surface area contributed by atoms with E-state index in [1.54, 1.807) is 11.9 Å². The van der Waals surface area contributed by atoms with Crippen molar-refractivity contribution in [2.75, 3.05) is 18.5 Å². The monoisotopic (exact) mass is 265 g/mol. The predicted octanol–water partition coefficient (Wildman–Crippen LogP) is 2.00. The molecule has 1 amide bonds. The van der Waals surface area contributed by atoms with Crippen LogP contribution in [0.3, 0.4) is 0 Å². The smallest absolute Gasteiger partial charge is 0.247 e. The molecule has 4 nitrogen and oxygen atoms in total. The van der Waals surface area contributed by atoms with Crippen LogP contribution in [0, 0.1) is 0 Å². The Morgan fingerprint density at radius 1 is 1.05 bits per heavy atom. The van der Waals surface area contributed by atoms with E-state index in [2.05, 4.69) is 10.5 Å². The van der Waals surface area contributed by atoms with Gasteiger partial charge in [-0.05, 0) is 6.07 Å². The third kappa shape index (κ3) is 2.16. The van der Waals surface area contributed by atoms with Crippen molar-refractivity contribution < 1.29 is 4.79 Å². The fourth-order valence-electron chi connectivity index (χ4n) is 2.28. The first-order chi connectivity index (χ1) is 9.77. The highest BCUT2D eigenvalue weighted by Gasteiger charge is 2.20. The van der Waals surface area contributed by atoms with Crippen molar-refractivity contribution in [2.45, 2.75) is 0 Å². The molecule has 0 spiro atoms. The molecule has 1 aliphatic rings. The van der Waals surface area contributed by atoms with E-state index in [4.69, 9.17) is 0 Å². The number of amides is 1. The molecular weight excluding hydrogens is 250 g/mol. The largest absolute Gasteiger partial charge is 0.313 e. The number of carbonyl (C=O) groups excluding carboxylic acids is 1. The van der Waals surface area contributed by atoms with Gasteiger partial charge in [-0.1, -0.05) is 48.5 Å². The lowest BCUT2D eigenvalue weighted by molar-refractivity contribution is -0.117. The molecule has 0 bridgehead atoms.